The van der Waals surface area contributed by atoms with E-state index in [0.717, 1.165) is 0 Å². The summed E-state index contributed by atoms with van der Waals surface area (Å²) < 4.78 is 18.2. The topological polar surface area (TPSA) is 72.6 Å². The number of ether oxygens (including phenoxy) is 1. The van der Waals surface area contributed by atoms with Crippen LogP contribution in [0.15, 0.2) is 54.6 Å². The lowest BCUT2D eigenvalue weighted by Gasteiger charge is -2.23. The Hall–Kier alpha value is -3.15. The molecule has 0 aromatic heterocycles. The van der Waals surface area contributed by atoms with Crippen LogP contribution in [0.4, 0.5) is 10.1 Å². The minimum Gasteiger partial charge on any atom is -0.495 e. The molecular formula is C19H19FN2O3. The Morgan fingerprint density at radius 2 is 1.84 bits per heavy atom. The highest BCUT2D eigenvalue weighted by atomic mass is 19.1. The summed E-state index contributed by atoms with van der Waals surface area (Å²) in [7, 11) is 1.50. The second kappa shape index (κ2) is 8.63. The number of hydrogen-bond donors (Lipinski definition) is 1. The Kier molecular flexibility index (Phi) is 6.28. The molecule has 0 saturated heterocycles. The molecule has 0 aliphatic carbocycles. The van der Waals surface area contributed by atoms with Crippen LogP contribution in [0.25, 0.3) is 6.08 Å². The molecule has 130 valence electrons. The van der Waals surface area contributed by atoms with Crippen LogP contribution in [0, 0.1) is 5.82 Å². The second-order valence-corrected chi connectivity index (χ2v) is 5.26. The van der Waals surface area contributed by atoms with Gasteiger partial charge in [0.1, 0.15) is 11.6 Å². The summed E-state index contributed by atoms with van der Waals surface area (Å²) in [6.45, 7) is 0.127. The van der Waals surface area contributed by atoms with Crippen LogP contribution < -0.4 is 15.4 Å². The van der Waals surface area contributed by atoms with Crippen molar-refractivity contribution in [1.29, 1.82) is 0 Å². The van der Waals surface area contributed by atoms with Gasteiger partial charge < -0.3 is 15.4 Å². The van der Waals surface area contributed by atoms with E-state index in [0.29, 0.717) is 17.0 Å². The van der Waals surface area contributed by atoms with E-state index in [9.17, 15) is 14.0 Å². The molecule has 2 aromatic rings. The summed E-state index contributed by atoms with van der Waals surface area (Å²) in [5.74, 6) is -0.679. The Morgan fingerprint density at radius 3 is 2.48 bits per heavy atom. The van der Waals surface area contributed by atoms with E-state index in [1.54, 1.807) is 42.5 Å². The predicted octanol–water partition coefficient (Wildman–Crippen LogP) is 2.76. The number of halogens is 1. The number of nitrogens with two attached hydrogens (primary N) is 1. The van der Waals surface area contributed by atoms with Crippen molar-refractivity contribution in [3.63, 3.8) is 0 Å². The zero-order valence-electron chi connectivity index (χ0n) is 13.8. The number of primary amides is 1. The van der Waals surface area contributed by atoms with Gasteiger partial charge in [-0.2, -0.15) is 0 Å². The predicted molar refractivity (Wildman–Crippen MR) is 94.6 cm³/mol. The van der Waals surface area contributed by atoms with Crippen LogP contribution in [0.5, 0.6) is 5.75 Å². The van der Waals surface area contributed by atoms with Gasteiger partial charge in [-0.3, -0.25) is 9.59 Å². The molecule has 0 aliphatic rings. The summed E-state index contributed by atoms with van der Waals surface area (Å²) in [6, 6.07) is 12.8. The fourth-order valence-corrected chi connectivity index (χ4v) is 2.26. The number of nitrogens with zero attached hydrogens (tertiary/aromatic N) is 1. The average molecular weight is 342 g/mol. The van der Waals surface area contributed by atoms with Crippen molar-refractivity contribution in [2.24, 2.45) is 5.73 Å². The van der Waals surface area contributed by atoms with Crippen LogP contribution >= 0.6 is 0 Å². The van der Waals surface area contributed by atoms with Crippen molar-refractivity contribution < 1.29 is 18.7 Å². The van der Waals surface area contributed by atoms with Gasteiger partial charge in [-0.25, -0.2) is 4.39 Å². The number of rotatable bonds is 7. The molecule has 2 rings (SSSR count). The first kappa shape index (κ1) is 18.2. The fraction of sp³-hybridized carbons (Fsp3) is 0.158. The normalized spacial score (nSPS) is 10.6. The zero-order chi connectivity index (χ0) is 18.2. The molecule has 0 unspecified atom stereocenters. The van der Waals surface area contributed by atoms with E-state index in [1.807, 2.05) is 0 Å². The standard InChI is InChI=1S/C19H19FN2O3/c1-25-17-5-3-2-4-16(17)22(13-12-18(21)23)19(24)11-8-14-6-9-15(20)10-7-14/h2-11H,12-13H2,1H3,(H2,21,23)/b11-8+. The van der Waals surface area contributed by atoms with E-state index < -0.39 is 5.91 Å². The number of carbonyl (C=O) groups excluding carboxylic acids is 2. The third-order valence-corrected chi connectivity index (χ3v) is 3.51. The van der Waals surface area contributed by atoms with Crippen LogP contribution in [0.1, 0.15) is 12.0 Å². The van der Waals surface area contributed by atoms with Gasteiger partial charge in [0.15, 0.2) is 0 Å². The highest BCUT2D eigenvalue weighted by Crippen LogP contribution is 2.28. The van der Waals surface area contributed by atoms with E-state index in [4.69, 9.17) is 10.5 Å². The Balaban J connectivity index is 2.26. The third kappa shape index (κ3) is 5.17. The van der Waals surface area contributed by atoms with Crippen molar-refractivity contribution in [2.75, 3.05) is 18.6 Å². The summed E-state index contributed by atoms with van der Waals surface area (Å²) in [6.07, 6.45) is 2.96. The lowest BCUT2D eigenvalue weighted by molar-refractivity contribution is -0.118. The van der Waals surface area contributed by atoms with Crippen molar-refractivity contribution in [2.45, 2.75) is 6.42 Å². The second-order valence-electron chi connectivity index (χ2n) is 5.26. The van der Waals surface area contributed by atoms with Crippen molar-refractivity contribution >= 4 is 23.6 Å². The smallest absolute Gasteiger partial charge is 0.251 e. The first-order valence-corrected chi connectivity index (χ1v) is 7.67. The molecule has 6 heteroatoms. The van der Waals surface area contributed by atoms with Gasteiger partial charge in [0, 0.05) is 19.0 Å². The van der Waals surface area contributed by atoms with Gasteiger partial charge in [-0.1, -0.05) is 24.3 Å². The fourth-order valence-electron chi connectivity index (χ4n) is 2.26. The minimum atomic E-state index is -0.504. The molecule has 0 atom stereocenters. The summed E-state index contributed by atoms with van der Waals surface area (Å²) in [5.41, 5.74) is 6.43. The number of hydrogen-bond acceptors (Lipinski definition) is 3. The Labute approximate surface area is 145 Å². The van der Waals surface area contributed by atoms with Gasteiger partial charge in [-0.15, -0.1) is 0 Å². The Morgan fingerprint density at radius 1 is 1.16 bits per heavy atom. The van der Waals surface area contributed by atoms with Crippen LogP contribution in [-0.2, 0) is 9.59 Å². The third-order valence-electron chi connectivity index (χ3n) is 3.51. The number of anilines is 1. The van der Waals surface area contributed by atoms with Crippen LogP contribution in [0.2, 0.25) is 0 Å². The van der Waals surface area contributed by atoms with Crippen molar-refractivity contribution in [1.82, 2.24) is 0 Å². The molecule has 0 fully saturated rings. The highest BCUT2D eigenvalue weighted by molar-refractivity contribution is 6.05. The quantitative estimate of drug-likeness (QED) is 0.787. The number of methoxy groups -OCH3 is 1. The van der Waals surface area contributed by atoms with Gasteiger partial charge in [0.25, 0.3) is 5.91 Å². The molecule has 2 amide bonds. The lowest BCUT2D eigenvalue weighted by Crippen LogP contribution is -2.33. The molecule has 0 spiro atoms. The first-order chi connectivity index (χ1) is 12.0. The van der Waals surface area contributed by atoms with E-state index in [-0.39, 0.29) is 24.7 Å². The van der Waals surface area contributed by atoms with Crippen molar-refractivity contribution in [3.05, 3.63) is 66.0 Å². The van der Waals surface area contributed by atoms with E-state index in [2.05, 4.69) is 0 Å². The molecule has 0 radical (unpaired) electrons. The monoisotopic (exact) mass is 342 g/mol. The van der Waals surface area contributed by atoms with Crippen LogP contribution in [0.3, 0.4) is 0 Å². The lowest BCUT2D eigenvalue weighted by atomic mass is 10.2. The SMILES string of the molecule is COc1ccccc1N(CCC(N)=O)C(=O)/C=C/c1ccc(F)cc1. The number of para-hydroxylation sites is 2. The van der Waals surface area contributed by atoms with Gasteiger partial charge in [0.05, 0.1) is 12.8 Å². The maximum absolute atomic E-state index is 12.9. The number of amides is 2. The first-order valence-electron chi connectivity index (χ1n) is 7.67. The molecule has 5 nitrogen and oxygen atoms in total. The molecule has 25 heavy (non-hydrogen) atoms. The van der Waals surface area contributed by atoms with E-state index >= 15 is 0 Å². The molecular weight excluding hydrogens is 323 g/mol. The molecule has 0 saturated carbocycles. The molecule has 0 aliphatic heterocycles. The van der Waals surface area contributed by atoms with Crippen molar-refractivity contribution in [3.8, 4) is 5.75 Å². The number of carbonyl (C=O) groups is 2. The largest absolute Gasteiger partial charge is 0.495 e. The van der Waals surface area contributed by atoms with E-state index in [1.165, 1.54) is 30.2 Å². The summed E-state index contributed by atoms with van der Waals surface area (Å²) in [4.78, 5) is 25.2. The number of benzene rings is 2. The summed E-state index contributed by atoms with van der Waals surface area (Å²) >= 11 is 0. The molecule has 2 N–H and O–H groups in total. The highest BCUT2D eigenvalue weighted by Gasteiger charge is 2.17. The van der Waals surface area contributed by atoms with Crippen LogP contribution in [-0.4, -0.2) is 25.5 Å². The minimum absolute atomic E-state index is 0.0220. The molecule has 2 aromatic carbocycles. The maximum atomic E-state index is 12.9. The average Bonchev–Trinajstić information content (AvgIpc) is 2.61. The Bertz CT molecular complexity index is 772. The van der Waals surface area contributed by atoms with Gasteiger partial charge in [0.2, 0.25) is 5.91 Å². The van der Waals surface area contributed by atoms with Gasteiger partial charge >= 0.3 is 0 Å². The maximum Gasteiger partial charge on any atom is 0.251 e. The molecule has 0 bridgehead atoms. The molecule has 0 heterocycles. The zero-order valence-corrected chi connectivity index (χ0v) is 13.8. The van der Waals surface area contributed by atoms with Gasteiger partial charge in [-0.05, 0) is 35.9 Å². The summed E-state index contributed by atoms with van der Waals surface area (Å²) in [5, 5.41) is 0.